The fourth-order valence-electron chi connectivity index (χ4n) is 2.38. The number of amides is 2. The number of nitrogens with zero attached hydrogens (tertiary/aromatic N) is 3. The molecule has 8 heteroatoms. The second-order valence-corrected chi connectivity index (χ2v) is 6.35. The molecule has 0 bridgehead atoms. The fourth-order valence-corrected chi connectivity index (χ4v) is 2.38. The molecule has 8 nitrogen and oxygen atoms in total. The highest BCUT2D eigenvalue weighted by atomic mass is 16.5. The molecule has 0 aliphatic rings. The van der Waals surface area contributed by atoms with Crippen molar-refractivity contribution in [2.24, 2.45) is 0 Å². The van der Waals surface area contributed by atoms with Crippen molar-refractivity contribution in [3.8, 4) is 0 Å². The summed E-state index contributed by atoms with van der Waals surface area (Å²) in [7, 11) is 3.68. The minimum atomic E-state index is -0.0764. The maximum absolute atomic E-state index is 11.9. The number of rotatable bonds is 9. The molecule has 140 valence electrons. The van der Waals surface area contributed by atoms with Crippen molar-refractivity contribution in [1.82, 2.24) is 20.4 Å². The third-order valence-electron chi connectivity index (χ3n) is 3.52. The van der Waals surface area contributed by atoms with E-state index >= 15 is 0 Å². The van der Waals surface area contributed by atoms with Gasteiger partial charge in [0.05, 0.1) is 6.54 Å². The number of hydrogen-bond donors (Lipinski definition) is 2. The first kappa shape index (κ1) is 19.6. The molecule has 1 aromatic heterocycles. The minimum absolute atomic E-state index is 0.0386. The van der Waals surface area contributed by atoms with E-state index in [0.717, 1.165) is 11.3 Å². The minimum Gasteiger partial charge on any atom is -0.352 e. The average Bonchev–Trinajstić information content (AvgIpc) is 2.98. The molecule has 1 heterocycles. The fraction of sp³-hybridized carbons (Fsp3) is 0.444. The van der Waals surface area contributed by atoms with Crippen molar-refractivity contribution in [3.05, 3.63) is 41.5 Å². The summed E-state index contributed by atoms with van der Waals surface area (Å²) in [6.45, 7) is 2.49. The van der Waals surface area contributed by atoms with Crippen LogP contribution in [0.5, 0.6) is 0 Å². The van der Waals surface area contributed by atoms with Gasteiger partial charge in [-0.15, -0.1) is 0 Å². The third-order valence-corrected chi connectivity index (χ3v) is 3.52. The predicted octanol–water partition coefficient (Wildman–Crippen LogP) is 1.52. The summed E-state index contributed by atoms with van der Waals surface area (Å²) in [4.78, 5) is 29.6. The van der Waals surface area contributed by atoms with Crippen molar-refractivity contribution < 1.29 is 14.1 Å². The number of aryl methyl sites for hydroxylation is 2. The van der Waals surface area contributed by atoms with E-state index in [1.54, 1.807) is 11.8 Å². The topological polar surface area (TPSA) is 100 Å². The Morgan fingerprint density at radius 3 is 2.73 bits per heavy atom. The van der Waals surface area contributed by atoms with Crippen LogP contribution in [0.4, 0.5) is 5.69 Å². The molecule has 0 saturated carbocycles. The van der Waals surface area contributed by atoms with Gasteiger partial charge in [0.2, 0.25) is 17.7 Å². The lowest BCUT2D eigenvalue weighted by Crippen LogP contribution is -2.27. The van der Waals surface area contributed by atoms with Gasteiger partial charge in [0.25, 0.3) is 0 Å². The van der Waals surface area contributed by atoms with Crippen molar-refractivity contribution in [1.29, 1.82) is 0 Å². The van der Waals surface area contributed by atoms with Gasteiger partial charge in [-0.3, -0.25) is 9.59 Å². The van der Waals surface area contributed by atoms with E-state index in [9.17, 15) is 9.59 Å². The summed E-state index contributed by atoms with van der Waals surface area (Å²) in [6.07, 6.45) is 1.62. The number of likely N-dealkylation sites (N-methyl/N-ethyl adjacent to an activating group) is 1. The first-order valence-corrected chi connectivity index (χ1v) is 8.52. The molecule has 2 N–H and O–H groups in total. The normalized spacial score (nSPS) is 10.8. The Morgan fingerprint density at radius 2 is 2.04 bits per heavy atom. The van der Waals surface area contributed by atoms with E-state index in [4.69, 9.17) is 4.52 Å². The lowest BCUT2D eigenvalue weighted by Gasteiger charge is -2.11. The summed E-state index contributed by atoms with van der Waals surface area (Å²) < 4.78 is 5.01. The van der Waals surface area contributed by atoms with Crippen molar-refractivity contribution >= 4 is 17.5 Å². The Morgan fingerprint density at radius 1 is 1.23 bits per heavy atom. The molecule has 2 rings (SSSR count). The number of carbonyl (C=O) groups excluding carboxylic acids is 2. The van der Waals surface area contributed by atoms with Crippen molar-refractivity contribution in [2.45, 2.75) is 32.7 Å². The van der Waals surface area contributed by atoms with Gasteiger partial charge >= 0.3 is 0 Å². The molecule has 26 heavy (non-hydrogen) atoms. The second kappa shape index (κ2) is 9.67. The van der Waals surface area contributed by atoms with E-state index in [0.29, 0.717) is 44.1 Å². The zero-order valence-corrected chi connectivity index (χ0v) is 15.4. The monoisotopic (exact) mass is 359 g/mol. The Balaban J connectivity index is 1.73. The van der Waals surface area contributed by atoms with Crippen molar-refractivity contribution in [3.63, 3.8) is 0 Å². The molecular weight excluding hydrogens is 334 g/mol. The van der Waals surface area contributed by atoms with Crippen LogP contribution in [0.15, 0.2) is 28.8 Å². The molecule has 0 unspecified atom stereocenters. The zero-order valence-electron chi connectivity index (χ0n) is 15.4. The van der Waals surface area contributed by atoms with Crippen LogP contribution in [-0.4, -0.2) is 47.5 Å². The molecule has 1 aromatic carbocycles. The second-order valence-electron chi connectivity index (χ2n) is 6.35. The van der Waals surface area contributed by atoms with Gasteiger partial charge in [-0.1, -0.05) is 17.3 Å². The van der Waals surface area contributed by atoms with E-state index in [1.165, 1.54) is 0 Å². The zero-order chi connectivity index (χ0) is 18.9. The maximum Gasteiger partial charge on any atom is 0.238 e. The molecule has 0 aliphatic heterocycles. The van der Waals surface area contributed by atoms with Crippen LogP contribution in [0, 0.1) is 6.92 Å². The molecule has 0 saturated heterocycles. The summed E-state index contributed by atoms with van der Waals surface area (Å²) in [6, 6.07) is 7.44. The third kappa shape index (κ3) is 7.02. The lowest BCUT2D eigenvalue weighted by atomic mass is 10.2. The molecule has 0 spiro atoms. The summed E-state index contributed by atoms with van der Waals surface area (Å²) >= 11 is 0. The Labute approximate surface area is 153 Å². The van der Waals surface area contributed by atoms with Crippen LogP contribution in [0.25, 0.3) is 0 Å². The molecule has 2 aromatic rings. The first-order chi connectivity index (χ1) is 12.4. The van der Waals surface area contributed by atoms with Crippen LogP contribution in [-0.2, 0) is 22.6 Å². The standard InChI is InChI=1S/C18H25N5O3/c1-13-20-18(26-22-13)9-5-8-16(24)19-11-14-6-4-7-15(10-14)21-17(25)12-23(2)3/h4,6-7,10H,5,8-9,11-12H2,1-3H3,(H,19,24)(H,21,25). The molecule has 0 fully saturated rings. The number of aromatic nitrogens is 2. The highest BCUT2D eigenvalue weighted by Gasteiger charge is 2.07. The molecule has 0 atom stereocenters. The van der Waals surface area contributed by atoms with Gasteiger partial charge in [0.1, 0.15) is 0 Å². The van der Waals surface area contributed by atoms with Gasteiger partial charge in [0, 0.05) is 25.1 Å². The number of hydrogen-bond acceptors (Lipinski definition) is 6. The number of anilines is 1. The van der Waals surface area contributed by atoms with Crippen LogP contribution >= 0.6 is 0 Å². The Kier molecular flexibility index (Phi) is 7.28. The van der Waals surface area contributed by atoms with Crippen LogP contribution in [0.1, 0.15) is 30.1 Å². The maximum atomic E-state index is 11.9. The largest absolute Gasteiger partial charge is 0.352 e. The molecule has 2 amide bonds. The van der Waals surface area contributed by atoms with E-state index in [-0.39, 0.29) is 11.8 Å². The Hall–Kier alpha value is -2.74. The lowest BCUT2D eigenvalue weighted by molar-refractivity contribution is -0.121. The SMILES string of the molecule is Cc1noc(CCCC(=O)NCc2cccc(NC(=O)CN(C)C)c2)n1. The van der Waals surface area contributed by atoms with E-state index < -0.39 is 0 Å². The van der Waals surface area contributed by atoms with Crippen LogP contribution in [0.3, 0.4) is 0 Å². The predicted molar refractivity (Wildman–Crippen MR) is 97.4 cm³/mol. The summed E-state index contributed by atoms with van der Waals surface area (Å²) in [5.41, 5.74) is 1.64. The van der Waals surface area contributed by atoms with Gasteiger partial charge in [-0.25, -0.2) is 0 Å². The number of benzene rings is 1. The highest BCUT2D eigenvalue weighted by molar-refractivity contribution is 5.92. The summed E-state index contributed by atoms with van der Waals surface area (Å²) in [5, 5.41) is 9.43. The molecular formula is C18H25N5O3. The van der Waals surface area contributed by atoms with E-state index in [2.05, 4.69) is 20.8 Å². The molecule has 0 aliphatic carbocycles. The first-order valence-electron chi connectivity index (χ1n) is 8.52. The average molecular weight is 359 g/mol. The van der Waals surface area contributed by atoms with Crippen LogP contribution < -0.4 is 10.6 Å². The van der Waals surface area contributed by atoms with Gasteiger partial charge < -0.3 is 20.1 Å². The van der Waals surface area contributed by atoms with E-state index in [1.807, 2.05) is 38.4 Å². The number of carbonyl (C=O) groups is 2. The van der Waals surface area contributed by atoms with Gasteiger partial charge in [0.15, 0.2) is 5.82 Å². The number of nitrogens with one attached hydrogen (secondary N) is 2. The van der Waals surface area contributed by atoms with Gasteiger partial charge in [-0.05, 0) is 45.1 Å². The van der Waals surface area contributed by atoms with Crippen molar-refractivity contribution in [2.75, 3.05) is 26.0 Å². The van der Waals surface area contributed by atoms with Crippen LogP contribution in [0.2, 0.25) is 0 Å². The molecule has 0 radical (unpaired) electrons. The summed E-state index contributed by atoms with van der Waals surface area (Å²) in [5.74, 6) is 1.04. The van der Waals surface area contributed by atoms with Gasteiger partial charge in [-0.2, -0.15) is 4.98 Å². The quantitative estimate of drug-likeness (QED) is 0.704. The highest BCUT2D eigenvalue weighted by Crippen LogP contribution is 2.11. The Bertz CT molecular complexity index is 742. The smallest absolute Gasteiger partial charge is 0.238 e.